The SMILES string of the molecule is CCC(C)(C)C(=O)OC(C(F)(F)F)C(F)(F)F.CCC(C)(C)C(=O)OCC(=O)OCC(F)(F)F. The van der Waals surface area contributed by atoms with Crippen LogP contribution < -0.4 is 0 Å². The number of carbonyl (C=O) groups is 3. The first-order valence-electron chi connectivity index (χ1n) is 9.64. The fourth-order valence-electron chi connectivity index (χ4n) is 1.40. The molecule has 0 fully saturated rings. The molecule has 0 aromatic rings. The molecule has 0 aromatic carbocycles. The molecule has 0 radical (unpaired) electrons. The van der Waals surface area contributed by atoms with Crippen LogP contribution in [0.2, 0.25) is 0 Å². The molecule has 0 aliphatic carbocycles. The fraction of sp³-hybridized carbons (Fsp3) is 0.842. The van der Waals surface area contributed by atoms with Gasteiger partial charge in [-0.25, -0.2) is 4.79 Å². The van der Waals surface area contributed by atoms with E-state index in [1.165, 1.54) is 20.8 Å². The Morgan fingerprint density at radius 1 is 0.676 bits per heavy atom. The molecule has 0 spiro atoms. The number of carbonyl (C=O) groups excluding carboxylic acids is 3. The van der Waals surface area contributed by atoms with Gasteiger partial charge in [-0.1, -0.05) is 13.8 Å². The zero-order valence-electron chi connectivity index (χ0n) is 19.3. The summed E-state index contributed by atoms with van der Waals surface area (Å²) in [7, 11) is 0. The summed E-state index contributed by atoms with van der Waals surface area (Å²) in [5.41, 5.74) is -2.17. The normalized spacial score (nSPS) is 13.1. The highest BCUT2D eigenvalue weighted by Gasteiger charge is 2.60. The number of ether oxygens (including phenoxy) is 3. The minimum Gasteiger partial charge on any atom is -0.454 e. The van der Waals surface area contributed by atoms with E-state index in [1.54, 1.807) is 20.8 Å². The monoisotopic (exact) mass is 522 g/mol. The van der Waals surface area contributed by atoms with Gasteiger partial charge in [0.2, 0.25) is 0 Å². The number of hydrogen-bond donors (Lipinski definition) is 0. The summed E-state index contributed by atoms with van der Waals surface area (Å²) in [4.78, 5) is 33.3. The maximum Gasteiger partial charge on any atom is 0.434 e. The van der Waals surface area contributed by atoms with Crippen molar-refractivity contribution in [2.75, 3.05) is 13.2 Å². The molecule has 34 heavy (non-hydrogen) atoms. The molecular formula is C19H27F9O6. The maximum atomic E-state index is 12.1. The van der Waals surface area contributed by atoms with Gasteiger partial charge in [-0.2, -0.15) is 39.5 Å². The van der Waals surface area contributed by atoms with E-state index in [0.29, 0.717) is 6.42 Å². The van der Waals surface area contributed by atoms with Crippen LogP contribution in [0.5, 0.6) is 0 Å². The molecule has 0 bridgehead atoms. The van der Waals surface area contributed by atoms with Crippen molar-refractivity contribution in [1.82, 2.24) is 0 Å². The second-order valence-electron chi connectivity index (χ2n) is 8.20. The number of rotatable bonds is 8. The van der Waals surface area contributed by atoms with E-state index in [9.17, 15) is 53.9 Å². The molecule has 0 aliphatic heterocycles. The van der Waals surface area contributed by atoms with Crippen molar-refractivity contribution in [2.45, 2.75) is 79.0 Å². The maximum absolute atomic E-state index is 12.1. The topological polar surface area (TPSA) is 78.9 Å². The van der Waals surface area contributed by atoms with Crippen molar-refractivity contribution in [3.05, 3.63) is 0 Å². The fourth-order valence-corrected chi connectivity index (χ4v) is 1.40. The Morgan fingerprint density at radius 3 is 1.38 bits per heavy atom. The van der Waals surface area contributed by atoms with Crippen molar-refractivity contribution < 1.29 is 68.1 Å². The minimum atomic E-state index is -5.67. The molecular weight excluding hydrogens is 495 g/mol. The highest BCUT2D eigenvalue weighted by atomic mass is 19.4. The van der Waals surface area contributed by atoms with E-state index in [-0.39, 0.29) is 6.42 Å². The van der Waals surface area contributed by atoms with Crippen LogP contribution in [-0.2, 0) is 28.6 Å². The van der Waals surface area contributed by atoms with Crippen molar-refractivity contribution in [3.63, 3.8) is 0 Å². The van der Waals surface area contributed by atoms with E-state index >= 15 is 0 Å². The first kappa shape index (κ1) is 34.0. The van der Waals surface area contributed by atoms with Crippen LogP contribution in [0.4, 0.5) is 39.5 Å². The van der Waals surface area contributed by atoms with E-state index in [2.05, 4.69) is 14.2 Å². The molecule has 0 saturated carbocycles. The van der Waals surface area contributed by atoms with Gasteiger partial charge >= 0.3 is 36.4 Å². The Kier molecular flexibility index (Phi) is 12.5. The highest BCUT2D eigenvalue weighted by Crippen LogP contribution is 2.37. The number of alkyl halides is 9. The van der Waals surface area contributed by atoms with E-state index in [4.69, 9.17) is 0 Å². The Balaban J connectivity index is 0. The lowest BCUT2D eigenvalue weighted by molar-refractivity contribution is -0.315. The summed E-state index contributed by atoms with van der Waals surface area (Å²) in [5.74, 6) is -3.40. The first-order valence-corrected chi connectivity index (χ1v) is 9.64. The summed E-state index contributed by atoms with van der Waals surface area (Å²) in [6.45, 7) is 6.35. The highest BCUT2D eigenvalue weighted by molar-refractivity contribution is 5.79. The molecule has 0 amide bonds. The van der Waals surface area contributed by atoms with Crippen molar-refractivity contribution in [1.29, 1.82) is 0 Å². The first-order chi connectivity index (χ1) is 14.9. The van der Waals surface area contributed by atoms with Gasteiger partial charge in [0.1, 0.15) is 0 Å². The summed E-state index contributed by atoms with van der Waals surface area (Å²) in [5, 5.41) is 0. The van der Waals surface area contributed by atoms with Crippen LogP contribution >= 0.6 is 0 Å². The standard InChI is InChI=1S/C10H15F3O4.C9H12F6O2/c1-4-9(2,3)8(15)16-5-7(14)17-6-10(11,12)13;1-4-7(2,3)6(16)17-5(8(10,11)12)9(13,14)15/h4-6H2,1-3H3;5H,4H2,1-3H3. The zero-order valence-corrected chi connectivity index (χ0v) is 19.3. The third-order valence-corrected chi connectivity index (χ3v) is 4.41. The number of halogens is 9. The van der Waals surface area contributed by atoms with Crippen LogP contribution in [0.15, 0.2) is 0 Å². The predicted octanol–water partition coefficient (Wildman–Crippen LogP) is 5.53. The van der Waals surface area contributed by atoms with Crippen LogP contribution in [0.3, 0.4) is 0 Å². The van der Waals surface area contributed by atoms with E-state index < -0.39 is 66.6 Å². The second-order valence-corrected chi connectivity index (χ2v) is 8.20. The van der Waals surface area contributed by atoms with Gasteiger partial charge in [0.25, 0.3) is 6.10 Å². The third-order valence-electron chi connectivity index (χ3n) is 4.41. The lowest BCUT2D eigenvalue weighted by Crippen LogP contribution is -2.47. The lowest BCUT2D eigenvalue weighted by Gasteiger charge is -2.27. The van der Waals surface area contributed by atoms with Crippen LogP contribution in [0.1, 0.15) is 54.4 Å². The molecule has 15 heteroatoms. The smallest absolute Gasteiger partial charge is 0.434 e. The van der Waals surface area contributed by atoms with Crippen LogP contribution in [0.25, 0.3) is 0 Å². The van der Waals surface area contributed by atoms with Crippen molar-refractivity contribution in [3.8, 4) is 0 Å². The molecule has 0 N–H and O–H groups in total. The summed E-state index contributed by atoms with van der Waals surface area (Å²) in [6.07, 6.45) is -19.4. The lowest BCUT2D eigenvalue weighted by atomic mass is 9.90. The minimum absolute atomic E-state index is 0.0638. The number of esters is 3. The van der Waals surface area contributed by atoms with Gasteiger partial charge in [0.05, 0.1) is 10.8 Å². The summed E-state index contributed by atoms with van der Waals surface area (Å²) in [6, 6.07) is 0. The van der Waals surface area contributed by atoms with Crippen LogP contribution in [-0.4, -0.2) is 55.8 Å². The van der Waals surface area contributed by atoms with Gasteiger partial charge in [-0.15, -0.1) is 0 Å². The van der Waals surface area contributed by atoms with Crippen molar-refractivity contribution >= 4 is 17.9 Å². The zero-order chi connectivity index (χ0) is 27.8. The quantitative estimate of drug-likeness (QED) is 0.237. The molecule has 0 aliphatic rings. The predicted molar refractivity (Wildman–Crippen MR) is 98.1 cm³/mol. The third kappa shape index (κ3) is 13.5. The van der Waals surface area contributed by atoms with Crippen LogP contribution in [0, 0.1) is 10.8 Å². The molecule has 0 aromatic heterocycles. The van der Waals surface area contributed by atoms with Gasteiger partial charge in [-0.3, -0.25) is 9.59 Å². The van der Waals surface area contributed by atoms with Gasteiger partial charge < -0.3 is 14.2 Å². The molecule has 202 valence electrons. The Labute approximate surface area is 190 Å². The van der Waals surface area contributed by atoms with Crippen molar-refractivity contribution in [2.24, 2.45) is 10.8 Å². The average Bonchev–Trinajstić information content (AvgIpc) is 2.66. The Hall–Kier alpha value is -2.22. The second kappa shape index (κ2) is 12.5. The molecule has 0 unspecified atom stereocenters. The summed E-state index contributed by atoms with van der Waals surface area (Å²) >= 11 is 0. The molecule has 6 nitrogen and oxygen atoms in total. The van der Waals surface area contributed by atoms with Gasteiger partial charge in [0.15, 0.2) is 13.2 Å². The van der Waals surface area contributed by atoms with E-state index in [1.807, 2.05) is 0 Å². The van der Waals surface area contributed by atoms with Gasteiger partial charge in [-0.05, 0) is 40.5 Å². The Bertz CT molecular complexity index is 665. The summed E-state index contributed by atoms with van der Waals surface area (Å²) < 4.78 is 119. The molecule has 0 atom stereocenters. The molecule has 0 rings (SSSR count). The molecule has 0 saturated heterocycles. The largest absolute Gasteiger partial charge is 0.454 e. The van der Waals surface area contributed by atoms with E-state index in [0.717, 1.165) is 0 Å². The van der Waals surface area contributed by atoms with Gasteiger partial charge in [0, 0.05) is 0 Å². The molecule has 0 heterocycles. The number of hydrogen-bond acceptors (Lipinski definition) is 6. The Morgan fingerprint density at radius 2 is 1.06 bits per heavy atom. The average molecular weight is 522 g/mol.